The largest absolute Gasteiger partial charge is 0.309 e. The predicted molar refractivity (Wildman–Crippen MR) is 117 cm³/mol. The monoisotopic (exact) mass is 406 g/mol. The lowest BCUT2D eigenvalue weighted by Crippen LogP contribution is -2.01. The molecule has 0 saturated carbocycles. The Bertz CT molecular complexity index is 1590. The maximum atomic E-state index is 14.5. The molecule has 6 nitrogen and oxygen atoms in total. The van der Waals surface area contributed by atoms with E-state index < -0.39 is 0 Å². The van der Waals surface area contributed by atoms with Crippen molar-refractivity contribution in [1.29, 1.82) is 0 Å². The van der Waals surface area contributed by atoms with Crippen LogP contribution in [0.4, 0.5) is 4.39 Å². The van der Waals surface area contributed by atoms with Crippen molar-refractivity contribution < 1.29 is 4.39 Å². The number of rotatable bonds is 3. The van der Waals surface area contributed by atoms with E-state index in [4.69, 9.17) is 4.98 Å². The number of benzene rings is 2. The van der Waals surface area contributed by atoms with Gasteiger partial charge in [-0.15, -0.1) is 0 Å². The normalized spacial score (nSPS) is 11.5. The van der Waals surface area contributed by atoms with Crippen LogP contribution < -0.4 is 0 Å². The number of hydrogen-bond donors (Lipinski definition) is 0. The fraction of sp³-hybridized carbons (Fsp3) is 0.0417. The van der Waals surface area contributed by atoms with Crippen molar-refractivity contribution in [3.05, 3.63) is 90.9 Å². The number of nitrogens with zero attached hydrogens (tertiary/aromatic N) is 6. The van der Waals surface area contributed by atoms with Gasteiger partial charge in [0, 0.05) is 28.7 Å². The second kappa shape index (κ2) is 6.91. The fourth-order valence-corrected chi connectivity index (χ4v) is 3.80. The third-order valence-electron chi connectivity index (χ3n) is 5.28. The average molecular weight is 406 g/mol. The lowest BCUT2D eigenvalue weighted by molar-refractivity contribution is 0.633. The van der Waals surface area contributed by atoms with E-state index in [1.54, 1.807) is 31.0 Å². The van der Waals surface area contributed by atoms with E-state index in [0.717, 1.165) is 27.4 Å². The Hall–Kier alpha value is -4.26. The number of fused-ring (bicyclic) bond motifs is 3. The molecule has 0 amide bonds. The van der Waals surface area contributed by atoms with Crippen LogP contribution in [0, 0.1) is 5.82 Å². The summed E-state index contributed by atoms with van der Waals surface area (Å²) in [6.07, 6.45) is 6.77. The molecular formula is C24H15FN6. The first kappa shape index (κ1) is 17.6. The van der Waals surface area contributed by atoms with Gasteiger partial charge in [0.05, 0.1) is 30.3 Å². The predicted octanol–water partition coefficient (Wildman–Crippen LogP) is 4.78. The molecule has 6 aromatic rings. The highest BCUT2D eigenvalue weighted by Gasteiger charge is 2.11. The summed E-state index contributed by atoms with van der Waals surface area (Å²) in [5, 5.41) is 1.80. The van der Waals surface area contributed by atoms with Gasteiger partial charge >= 0.3 is 0 Å². The smallest absolute Gasteiger partial charge is 0.197 e. The van der Waals surface area contributed by atoms with Gasteiger partial charge < -0.3 is 4.57 Å². The zero-order valence-corrected chi connectivity index (χ0v) is 16.3. The molecule has 0 aliphatic carbocycles. The highest BCUT2D eigenvalue weighted by molar-refractivity contribution is 5.83. The number of halogens is 1. The van der Waals surface area contributed by atoms with Gasteiger partial charge in [0.15, 0.2) is 11.3 Å². The van der Waals surface area contributed by atoms with Crippen LogP contribution in [-0.4, -0.2) is 29.5 Å². The van der Waals surface area contributed by atoms with Crippen LogP contribution in [-0.2, 0) is 6.54 Å². The van der Waals surface area contributed by atoms with Crippen LogP contribution in [0.1, 0.15) is 5.56 Å². The van der Waals surface area contributed by atoms with Crippen molar-refractivity contribution in [3.8, 4) is 11.3 Å². The van der Waals surface area contributed by atoms with Gasteiger partial charge in [-0.05, 0) is 35.9 Å². The number of aromatic nitrogens is 6. The molecule has 4 aromatic heterocycles. The van der Waals surface area contributed by atoms with Crippen molar-refractivity contribution in [3.63, 3.8) is 0 Å². The van der Waals surface area contributed by atoms with E-state index in [-0.39, 0.29) is 5.82 Å². The standard InChI is InChI=1S/C24H15FN6/c25-19-9-15(8-17-5-3-7-26-22(17)19)13-31-14-29-23-24(31)30-21(12-28-23)18-10-16-4-1-2-6-20(16)27-11-18/h1-12,14H,13H2. The maximum absolute atomic E-state index is 14.5. The molecule has 6 rings (SSSR count). The molecule has 0 aliphatic heterocycles. The number of imidazole rings is 1. The van der Waals surface area contributed by atoms with Crippen LogP contribution in [0.3, 0.4) is 0 Å². The zero-order valence-electron chi connectivity index (χ0n) is 16.3. The van der Waals surface area contributed by atoms with E-state index in [0.29, 0.717) is 29.0 Å². The summed E-state index contributed by atoms with van der Waals surface area (Å²) in [4.78, 5) is 22.2. The first-order chi connectivity index (χ1) is 15.2. The molecule has 0 saturated heterocycles. The minimum atomic E-state index is -0.341. The quantitative estimate of drug-likeness (QED) is 0.423. The Balaban J connectivity index is 1.42. The molecule has 0 bridgehead atoms. The number of para-hydroxylation sites is 1. The molecule has 31 heavy (non-hydrogen) atoms. The van der Waals surface area contributed by atoms with Gasteiger partial charge in [0.25, 0.3) is 0 Å². The van der Waals surface area contributed by atoms with Gasteiger partial charge in [-0.25, -0.2) is 19.3 Å². The Kier molecular flexibility index (Phi) is 3.92. The molecular weight excluding hydrogens is 391 g/mol. The van der Waals surface area contributed by atoms with Crippen molar-refractivity contribution in [1.82, 2.24) is 29.5 Å². The summed E-state index contributed by atoms with van der Waals surface area (Å²) in [5.41, 5.74) is 4.87. The third-order valence-corrected chi connectivity index (χ3v) is 5.28. The van der Waals surface area contributed by atoms with E-state index in [1.165, 1.54) is 6.07 Å². The topological polar surface area (TPSA) is 69.4 Å². The Morgan fingerprint density at radius 1 is 0.839 bits per heavy atom. The minimum absolute atomic E-state index is 0.341. The second-order valence-corrected chi connectivity index (χ2v) is 7.34. The minimum Gasteiger partial charge on any atom is -0.309 e. The zero-order chi connectivity index (χ0) is 20.8. The van der Waals surface area contributed by atoms with Gasteiger partial charge in [-0.1, -0.05) is 24.3 Å². The van der Waals surface area contributed by atoms with Crippen LogP contribution >= 0.6 is 0 Å². The molecule has 0 fully saturated rings. The van der Waals surface area contributed by atoms with Gasteiger partial charge in [0.2, 0.25) is 0 Å². The highest BCUT2D eigenvalue weighted by atomic mass is 19.1. The molecule has 0 spiro atoms. The first-order valence-electron chi connectivity index (χ1n) is 9.81. The molecule has 148 valence electrons. The second-order valence-electron chi connectivity index (χ2n) is 7.34. The summed E-state index contributed by atoms with van der Waals surface area (Å²) in [6.45, 7) is 0.423. The molecule has 4 heterocycles. The van der Waals surface area contributed by atoms with Crippen molar-refractivity contribution in [2.75, 3.05) is 0 Å². The van der Waals surface area contributed by atoms with E-state index in [9.17, 15) is 4.39 Å². The third kappa shape index (κ3) is 3.07. The van der Waals surface area contributed by atoms with E-state index in [1.807, 2.05) is 47.0 Å². The first-order valence-corrected chi connectivity index (χ1v) is 9.81. The summed E-state index contributed by atoms with van der Waals surface area (Å²) >= 11 is 0. The Labute approximate surface area is 176 Å². The molecule has 0 aliphatic rings. The highest BCUT2D eigenvalue weighted by Crippen LogP contribution is 2.23. The van der Waals surface area contributed by atoms with Gasteiger partial charge in [0.1, 0.15) is 11.3 Å². The number of hydrogen-bond acceptors (Lipinski definition) is 5. The molecule has 0 radical (unpaired) electrons. The molecule has 2 aromatic carbocycles. The molecule has 7 heteroatoms. The summed E-state index contributed by atoms with van der Waals surface area (Å²) < 4.78 is 16.4. The Morgan fingerprint density at radius 2 is 1.74 bits per heavy atom. The summed E-state index contributed by atoms with van der Waals surface area (Å²) in [6, 6.07) is 17.1. The van der Waals surface area contributed by atoms with Crippen molar-refractivity contribution in [2.24, 2.45) is 0 Å². The maximum Gasteiger partial charge on any atom is 0.197 e. The van der Waals surface area contributed by atoms with Gasteiger partial charge in [-0.3, -0.25) is 9.97 Å². The van der Waals surface area contributed by atoms with Crippen LogP contribution in [0.2, 0.25) is 0 Å². The average Bonchev–Trinajstić information content (AvgIpc) is 3.21. The van der Waals surface area contributed by atoms with Crippen LogP contribution in [0.25, 0.3) is 44.4 Å². The lowest BCUT2D eigenvalue weighted by atomic mass is 10.1. The molecule has 0 unspecified atom stereocenters. The van der Waals surface area contributed by atoms with Crippen LogP contribution in [0.15, 0.2) is 79.5 Å². The van der Waals surface area contributed by atoms with Crippen molar-refractivity contribution in [2.45, 2.75) is 6.54 Å². The van der Waals surface area contributed by atoms with Gasteiger partial charge in [-0.2, -0.15) is 0 Å². The Morgan fingerprint density at radius 3 is 2.71 bits per heavy atom. The van der Waals surface area contributed by atoms with Crippen LogP contribution in [0.5, 0.6) is 0 Å². The van der Waals surface area contributed by atoms with Crippen molar-refractivity contribution >= 4 is 33.1 Å². The van der Waals surface area contributed by atoms with E-state index in [2.05, 4.69) is 19.9 Å². The molecule has 0 N–H and O–H groups in total. The number of pyridine rings is 2. The summed E-state index contributed by atoms with van der Waals surface area (Å²) in [7, 11) is 0. The summed E-state index contributed by atoms with van der Waals surface area (Å²) in [5.74, 6) is -0.341. The SMILES string of the molecule is Fc1cc(Cn2cnc3ncc(-c4cnc5ccccc5c4)nc32)cc2cccnc12. The fourth-order valence-electron chi connectivity index (χ4n) is 3.80. The van der Waals surface area contributed by atoms with E-state index >= 15 is 0 Å². The lowest BCUT2D eigenvalue weighted by Gasteiger charge is -2.07. The molecule has 0 atom stereocenters.